The average molecular weight is 1070 g/mol. The van der Waals surface area contributed by atoms with Crippen molar-refractivity contribution in [2.75, 3.05) is 33.9 Å². The number of rotatable bonds is 14. The van der Waals surface area contributed by atoms with Gasteiger partial charge < -0.3 is 35.9 Å². The van der Waals surface area contributed by atoms with E-state index in [0.29, 0.717) is 25.0 Å². The van der Waals surface area contributed by atoms with Crippen LogP contribution < -0.4 is 119 Å². The fraction of sp³-hybridized carbons (Fsp3) is 0.388. The molecule has 0 radical (unpaired) electrons. The van der Waals surface area contributed by atoms with E-state index < -0.39 is 41.8 Å². The third-order valence-electron chi connectivity index (χ3n) is 11.4. The normalized spacial score (nSPS) is 16.0. The molecule has 22 heteroatoms. The summed E-state index contributed by atoms with van der Waals surface area (Å²) in [5.41, 5.74) is 6.38. The summed E-state index contributed by atoms with van der Waals surface area (Å²) in [6, 6.07) is 19.4. The van der Waals surface area contributed by atoms with Crippen molar-refractivity contribution in [2.24, 2.45) is 17.7 Å². The van der Waals surface area contributed by atoms with E-state index in [2.05, 4.69) is 15.4 Å². The van der Waals surface area contributed by atoms with Crippen molar-refractivity contribution in [3.8, 4) is 5.69 Å². The van der Waals surface area contributed by atoms with Crippen LogP contribution in [0.25, 0.3) is 5.69 Å². The summed E-state index contributed by atoms with van der Waals surface area (Å²) in [6.07, 6.45) is 5.82. The van der Waals surface area contributed by atoms with Gasteiger partial charge in [0, 0.05) is 58.0 Å². The Hall–Kier alpha value is -2.40. The van der Waals surface area contributed by atoms with Crippen molar-refractivity contribution in [2.45, 2.75) is 82.7 Å². The molecule has 3 N–H and O–H groups in total. The monoisotopic (exact) mass is 1070 g/mol. The molecule has 7 rings (SSSR count). The number of methoxy groups -OCH3 is 4. The molecular weight excluding hydrogens is 1020 g/mol. The Balaban J connectivity index is 0.00000108. The molecule has 1 saturated carbocycles. The standard InChI is InChI=1S/C24H25F3N2O2.C18H23FO4.C6H6F2N2.CH2O3.ClH.2K.H/c1-30-24(31-2)22-19-9-4-3-7-16(12-15-6-5-8-17(25)13-15)23(19)29(28-22)21-11-10-18(26)14-20(21)27;1-22-18(23-2)17(21)15-9-4-3-7-13(16(15)20)10-12-6-5-8-14(19)11-12;7-4-1-2-6(10-9)5(8)3-4;2-1-4-3;;;;/h5-6,8,10-11,13-14,16,24H,3-4,7,9,12H2,1-2H3;5-6,8,11,13,15,18H,3-4,7,9-10H2,1-2H3;1-3,10H,9H2;1,3H;1H;;;/q;;;;;2*+1;-1/p-1. The maximum atomic E-state index is 14.8. The number of nitrogens with two attached hydrogens (primary N) is 1. The average Bonchev–Trinajstić information content (AvgIpc) is 3.42. The van der Waals surface area contributed by atoms with Crippen LogP contribution in [0.2, 0.25) is 0 Å². The molecule has 0 aliphatic heterocycles. The number of benzene rings is 4. The molecule has 1 fully saturated rings. The van der Waals surface area contributed by atoms with Gasteiger partial charge in [-0.05, 0) is 105 Å². The zero-order chi connectivity index (χ0) is 49.8. The van der Waals surface area contributed by atoms with Gasteiger partial charge >= 0.3 is 103 Å². The fourth-order valence-electron chi connectivity index (χ4n) is 8.32. The number of Topliss-reactive ketones (excluding diaryl/α,β-unsaturated/α-hetero) is 2. The van der Waals surface area contributed by atoms with Crippen molar-refractivity contribution in [3.63, 3.8) is 0 Å². The Kier molecular flexibility index (Phi) is 32.8. The summed E-state index contributed by atoms with van der Waals surface area (Å²) in [4.78, 5) is 36.5. The topological polar surface area (TPSA) is 176 Å². The van der Waals surface area contributed by atoms with E-state index in [4.69, 9.17) is 34.8 Å². The molecule has 13 nitrogen and oxygen atoms in total. The summed E-state index contributed by atoms with van der Waals surface area (Å²) < 4.78 is 103. The number of nitrogens with one attached hydrogen (secondary N) is 1. The fourth-order valence-corrected chi connectivity index (χ4v) is 8.32. The van der Waals surface area contributed by atoms with Gasteiger partial charge in [-0.15, -0.1) is 12.4 Å². The van der Waals surface area contributed by atoms with Gasteiger partial charge in [-0.1, -0.05) is 43.5 Å². The number of aromatic nitrogens is 2. The molecule has 3 unspecified atom stereocenters. The van der Waals surface area contributed by atoms with Crippen LogP contribution in [-0.4, -0.2) is 62.5 Å². The summed E-state index contributed by atoms with van der Waals surface area (Å²) in [7, 11) is 5.83. The minimum atomic E-state index is -1.00. The van der Waals surface area contributed by atoms with Crippen LogP contribution in [0.15, 0.2) is 84.9 Å². The van der Waals surface area contributed by atoms with Crippen molar-refractivity contribution in [3.05, 3.63) is 148 Å². The predicted molar refractivity (Wildman–Crippen MR) is 244 cm³/mol. The van der Waals surface area contributed by atoms with Gasteiger partial charge in [0.1, 0.15) is 40.4 Å². The second-order valence-electron chi connectivity index (χ2n) is 15.8. The Morgan fingerprint density at radius 1 is 0.761 bits per heavy atom. The van der Waals surface area contributed by atoms with Crippen molar-refractivity contribution in [1.82, 2.24) is 9.78 Å². The van der Waals surface area contributed by atoms with Gasteiger partial charge in [-0.3, -0.25) is 20.2 Å². The third kappa shape index (κ3) is 20.0. The quantitative estimate of drug-likeness (QED) is 0.0159. The van der Waals surface area contributed by atoms with Crippen LogP contribution in [0.1, 0.15) is 86.7 Å². The van der Waals surface area contributed by atoms with E-state index in [1.807, 2.05) is 12.1 Å². The smallest absolute Gasteiger partial charge is 1.00 e. The molecule has 5 aromatic rings. The SMILES string of the molecule is COC(OC)C(=O)C1CCCCC(Cc2cccc(F)c2)C1=O.COC(OC)c1nn(-c2ccc(F)cc2F)c2c1CCCCC2Cc1cccc(F)c1.Cl.NNc1ccc(F)cc1F.O=CO[O-].[H-].[K+].[K+]. The summed E-state index contributed by atoms with van der Waals surface area (Å²) in [5, 5.41) is 13.1. The Morgan fingerprint density at radius 3 is 1.77 bits per heavy atom. The van der Waals surface area contributed by atoms with Gasteiger partial charge in [0.25, 0.3) is 6.47 Å². The molecule has 71 heavy (non-hydrogen) atoms. The van der Waals surface area contributed by atoms with E-state index in [0.717, 1.165) is 85.5 Å². The van der Waals surface area contributed by atoms with E-state index in [-0.39, 0.29) is 169 Å². The largest absolute Gasteiger partial charge is 1.00 e. The van der Waals surface area contributed by atoms with Crippen LogP contribution in [0.3, 0.4) is 0 Å². The second kappa shape index (κ2) is 35.0. The van der Waals surface area contributed by atoms with Gasteiger partial charge in [-0.2, -0.15) is 5.10 Å². The number of ether oxygens (including phenoxy) is 4. The molecule has 0 bridgehead atoms. The molecule has 4 aromatic carbocycles. The van der Waals surface area contributed by atoms with Crippen LogP contribution in [-0.2, 0) is 57.5 Å². The molecule has 0 amide bonds. The maximum Gasteiger partial charge on any atom is 1.00 e. The minimum Gasteiger partial charge on any atom is -1.00 e. The number of anilines is 1. The van der Waals surface area contributed by atoms with E-state index in [1.165, 1.54) is 70.9 Å². The van der Waals surface area contributed by atoms with Crippen LogP contribution in [0, 0.1) is 46.7 Å². The molecule has 378 valence electrons. The number of hydrogen-bond donors (Lipinski definition) is 2. The van der Waals surface area contributed by atoms with Crippen LogP contribution in [0.5, 0.6) is 0 Å². The van der Waals surface area contributed by atoms with E-state index in [9.17, 15) is 35.9 Å². The summed E-state index contributed by atoms with van der Waals surface area (Å²) in [6.45, 7) is -0.181. The van der Waals surface area contributed by atoms with E-state index in [1.54, 1.807) is 16.8 Å². The first-order valence-corrected chi connectivity index (χ1v) is 21.6. The summed E-state index contributed by atoms with van der Waals surface area (Å²) >= 11 is 0. The third-order valence-corrected chi connectivity index (χ3v) is 11.4. The maximum absolute atomic E-state index is 14.8. The molecule has 0 saturated heterocycles. The first-order valence-electron chi connectivity index (χ1n) is 21.6. The number of hydrazine groups is 1. The van der Waals surface area contributed by atoms with Gasteiger partial charge in [0.2, 0.25) is 12.6 Å². The first kappa shape index (κ1) is 66.6. The number of carbonyl (C=O) groups is 3. The molecule has 1 heterocycles. The molecule has 1 aromatic heterocycles. The number of nitrogen functional groups attached to an aromatic ring is 1. The number of ketones is 2. The number of nitrogens with zero attached hydrogens (tertiary/aromatic N) is 2. The van der Waals surface area contributed by atoms with Gasteiger partial charge in [0.15, 0.2) is 17.4 Å². The van der Waals surface area contributed by atoms with Crippen molar-refractivity contribution >= 4 is 36.1 Å². The number of halogens is 7. The van der Waals surface area contributed by atoms with Crippen LogP contribution >= 0.6 is 12.4 Å². The zero-order valence-electron chi connectivity index (χ0n) is 41.4. The Morgan fingerprint density at radius 2 is 1.27 bits per heavy atom. The Labute approximate surface area is 501 Å². The Bertz CT molecular complexity index is 2430. The molecule has 2 aliphatic rings. The number of hydrogen-bond acceptors (Lipinski definition) is 12. The molecule has 3 atom stereocenters. The molecule has 0 spiro atoms. The van der Waals surface area contributed by atoms with E-state index >= 15 is 0 Å². The minimum absolute atomic E-state index is 0. The van der Waals surface area contributed by atoms with Crippen molar-refractivity contribution < 1.29 is 174 Å². The molecule has 2 aliphatic carbocycles. The number of fused-ring (bicyclic) bond motifs is 1. The van der Waals surface area contributed by atoms with Crippen LogP contribution in [0.4, 0.5) is 32.0 Å². The number of carbonyl (C=O) groups excluding carboxylic acids is 3. The zero-order valence-corrected chi connectivity index (χ0v) is 47.5. The van der Waals surface area contributed by atoms with Gasteiger partial charge in [0.05, 0.1) is 17.3 Å². The summed E-state index contributed by atoms with van der Waals surface area (Å²) in [5.74, 6) is 0.280. The van der Waals surface area contributed by atoms with Gasteiger partial charge in [-0.25, -0.2) is 31.0 Å². The second-order valence-corrected chi connectivity index (χ2v) is 15.8. The first-order chi connectivity index (χ1) is 32.7. The molecular formula is C49H57ClF6K2N4O9. The van der Waals surface area contributed by atoms with Crippen molar-refractivity contribution in [1.29, 1.82) is 0 Å². The predicted octanol–water partition coefficient (Wildman–Crippen LogP) is 2.79.